The number of anilines is 1. The molecule has 0 bridgehead atoms. The number of aliphatic hydroxyl groups excluding tert-OH is 1. The van der Waals surface area contributed by atoms with Gasteiger partial charge in [-0.25, -0.2) is 9.97 Å². The molecule has 0 saturated heterocycles. The van der Waals surface area contributed by atoms with E-state index in [9.17, 15) is 0 Å². The molecule has 0 aromatic carbocycles. The lowest BCUT2D eigenvalue weighted by Crippen LogP contribution is -2.24. The van der Waals surface area contributed by atoms with Gasteiger partial charge in [-0.1, -0.05) is 20.8 Å². The zero-order valence-electron chi connectivity index (χ0n) is 10.6. The normalized spacial score (nSPS) is 11.6. The lowest BCUT2D eigenvalue weighted by atomic mass is 9.90. The van der Waals surface area contributed by atoms with Crippen LogP contribution < -0.4 is 5.32 Å². The average molecular weight is 302 g/mol. The summed E-state index contributed by atoms with van der Waals surface area (Å²) in [5.41, 5.74) is 0.0541. The SMILES string of the molecule is CCc1nc(Br)cc(NCC(C)(C)CCO)n1. The molecule has 0 unspecified atom stereocenters. The number of nitrogens with one attached hydrogen (secondary N) is 1. The summed E-state index contributed by atoms with van der Waals surface area (Å²) in [6.45, 7) is 7.25. The Labute approximate surface area is 111 Å². The number of nitrogens with zero attached hydrogens (tertiary/aromatic N) is 2. The molecule has 1 rings (SSSR count). The highest BCUT2D eigenvalue weighted by Crippen LogP contribution is 2.21. The molecule has 0 amide bonds. The monoisotopic (exact) mass is 301 g/mol. The molecule has 0 atom stereocenters. The topological polar surface area (TPSA) is 58.0 Å². The zero-order chi connectivity index (χ0) is 12.9. The molecule has 2 N–H and O–H groups in total. The smallest absolute Gasteiger partial charge is 0.131 e. The van der Waals surface area contributed by atoms with Crippen LogP contribution in [0.15, 0.2) is 10.7 Å². The zero-order valence-corrected chi connectivity index (χ0v) is 12.2. The summed E-state index contributed by atoms with van der Waals surface area (Å²) in [5.74, 6) is 1.65. The van der Waals surface area contributed by atoms with Gasteiger partial charge in [0.05, 0.1) is 0 Å². The van der Waals surface area contributed by atoms with Crippen molar-refractivity contribution in [3.63, 3.8) is 0 Å². The Hall–Kier alpha value is -0.680. The van der Waals surface area contributed by atoms with Crippen LogP contribution in [0.25, 0.3) is 0 Å². The molecule has 0 aliphatic heterocycles. The van der Waals surface area contributed by atoms with Gasteiger partial charge < -0.3 is 10.4 Å². The third-order valence-corrected chi connectivity index (χ3v) is 3.00. The van der Waals surface area contributed by atoms with Crippen LogP contribution >= 0.6 is 15.9 Å². The van der Waals surface area contributed by atoms with Gasteiger partial charge in [-0.2, -0.15) is 0 Å². The third-order valence-electron chi connectivity index (χ3n) is 2.59. The minimum Gasteiger partial charge on any atom is -0.396 e. The Bertz CT molecular complexity index is 369. The van der Waals surface area contributed by atoms with E-state index >= 15 is 0 Å². The summed E-state index contributed by atoms with van der Waals surface area (Å²) >= 11 is 3.37. The summed E-state index contributed by atoms with van der Waals surface area (Å²) in [6, 6.07) is 1.87. The second-order valence-corrected chi connectivity index (χ2v) is 5.65. The lowest BCUT2D eigenvalue weighted by molar-refractivity contribution is 0.220. The molecule has 0 saturated carbocycles. The van der Waals surface area contributed by atoms with Crippen LogP contribution in [0.4, 0.5) is 5.82 Å². The van der Waals surface area contributed by atoms with E-state index in [1.165, 1.54) is 0 Å². The van der Waals surface area contributed by atoms with Gasteiger partial charge in [0.15, 0.2) is 0 Å². The number of aromatic nitrogens is 2. The van der Waals surface area contributed by atoms with Gasteiger partial charge in [0.25, 0.3) is 0 Å². The molecular weight excluding hydrogens is 282 g/mol. The molecule has 1 aromatic rings. The molecule has 4 nitrogen and oxygen atoms in total. The van der Waals surface area contributed by atoms with Gasteiger partial charge in [0.1, 0.15) is 16.2 Å². The maximum Gasteiger partial charge on any atom is 0.131 e. The third kappa shape index (κ3) is 5.00. The first kappa shape index (κ1) is 14.4. The standard InChI is InChI=1S/C12H20BrN3O/c1-4-10-15-9(13)7-11(16-10)14-8-12(2,3)5-6-17/h7,17H,4-6,8H2,1-3H3,(H,14,15,16). The van der Waals surface area contributed by atoms with Crippen LogP contribution in [0.1, 0.15) is 33.0 Å². The van der Waals surface area contributed by atoms with Gasteiger partial charge in [-0.05, 0) is 27.8 Å². The van der Waals surface area contributed by atoms with Crippen molar-refractivity contribution in [2.45, 2.75) is 33.6 Å². The van der Waals surface area contributed by atoms with Gasteiger partial charge >= 0.3 is 0 Å². The maximum atomic E-state index is 8.96. The van der Waals surface area contributed by atoms with Crippen LogP contribution in [0, 0.1) is 5.41 Å². The number of aliphatic hydroxyl groups is 1. The number of hydrogen-bond donors (Lipinski definition) is 2. The van der Waals surface area contributed by atoms with Crippen molar-refractivity contribution in [3.8, 4) is 0 Å². The second-order valence-electron chi connectivity index (χ2n) is 4.84. The summed E-state index contributed by atoms with van der Waals surface area (Å²) in [6.07, 6.45) is 1.58. The van der Waals surface area contributed by atoms with Crippen molar-refractivity contribution < 1.29 is 5.11 Å². The highest BCUT2D eigenvalue weighted by atomic mass is 79.9. The van der Waals surface area contributed by atoms with Crippen molar-refractivity contribution in [2.24, 2.45) is 5.41 Å². The highest BCUT2D eigenvalue weighted by molar-refractivity contribution is 9.10. The van der Waals surface area contributed by atoms with Gasteiger partial charge in [0, 0.05) is 25.6 Å². The van der Waals surface area contributed by atoms with E-state index in [-0.39, 0.29) is 12.0 Å². The van der Waals surface area contributed by atoms with Crippen LogP contribution in [0.2, 0.25) is 0 Å². The molecule has 1 heterocycles. The maximum absolute atomic E-state index is 8.96. The molecule has 0 aliphatic carbocycles. The van der Waals surface area contributed by atoms with Crippen molar-refractivity contribution in [1.82, 2.24) is 9.97 Å². The molecule has 0 fully saturated rings. The second kappa shape index (κ2) is 6.31. The quantitative estimate of drug-likeness (QED) is 0.793. The van der Waals surface area contributed by atoms with Crippen LogP contribution in [0.3, 0.4) is 0 Å². The molecular formula is C12H20BrN3O. The van der Waals surface area contributed by atoms with Crippen LogP contribution in [0.5, 0.6) is 0 Å². The van der Waals surface area contributed by atoms with E-state index in [2.05, 4.69) is 45.1 Å². The lowest BCUT2D eigenvalue weighted by Gasteiger charge is -2.24. The van der Waals surface area contributed by atoms with Gasteiger partial charge in [-0.3, -0.25) is 0 Å². The van der Waals surface area contributed by atoms with Gasteiger partial charge in [0.2, 0.25) is 0 Å². The Balaban J connectivity index is 2.65. The summed E-state index contributed by atoms with van der Waals surface area (Å²) in [5, 5.41) is 12.3. The van der Waals surface area contributed by atoms with E-state index in [0.717, 1.165) is 35.6 Å². The fourth-order valence-corrected chi connectivity index (χ4v) is 1.86. The molecule has 0 spiro atoms. The van der Waals surface area contributed by atoms with Gasteiger partial charge in [-0.15, -0.1) is 0 Å². The Morgan fingerprint density at radius 1 is 1.41 bits per heavy atom. The fourth-order valence-electron chi connectivity index (χ4n) is 1.43. The van der Waals surface area contributed by atoms with E-state index in [0.29, 0.717) is 0 Å². The van der Waals surface area contributed by atoms with E-state index in [1.807, 2.05) is 13.0 Å². The minimum absolute atomic E-state index is 0.0541. The number of rotatable bonds is 6. The molecule has 96 valence electrons. The molecule has 17 heavy (non-hydrogen) atoms. The Morgan fingerprint density at radius 3 is 2.71 bits per heavy atom. The molecule has 0 radical (unpaired) electrons. The molecule has 0 aliphatic rings. The van der Waals surface area contributed by atoms with Crippen molar-refractivity contribution >= 4 is 21.7 Å². The number of hydrogen-bond acceptors (Lipinski definition) is 4. The van der Waals surface area contributed by atoms with E-state index in [1.54, 1.807) is 0 Å². The number of aryl methyl sites for hydroxylation is 1. The Kier molecular flexibility index (Phi) is 5.33. The summed E-state index contributed by atoms with van der Waals surface area (Å²) in [7, 11) is 0. The number of halogens is 1. The fraction of sp³-hybridized carbons (Fsp3) is 0.667. The van der Waals surface area contributed by atoms with Crippen molar-refractivity contribution in [3.05, 3.63) is 16.5 Å². The first-order valence-electron chi connectivity index (χ1n) is 5.85. The van der Waals surface area contributed by atoms with Crippen LogP contribution in [-0.2, 0) is 6.42 Å². The summed E-state index contributed by atoms with van der Waals surface area (Å²) < 4.78 is 0.798. The largest absolute Gasteiger partial charge is 0.396 e. The van der Waals surface area contributed by atoms with Crippen molar-refractivity contribution in [2.75, 3.05) is 18.5 Å². The predicted octanol–water partition coefficient (Wildman–Crippen LogP) is 2.62. The van der Waals surface area contributed by atoms with E-state index in [4.69, 9.17) is 5.11 Å². The predicted molar refractivity (Wildman–Crippen MR) is 73.1 cm³/mol. The highest BCUT2D eigenvalue weighted by Gasteiger charge is 2.17. The first-order valence-corrected chi connectivity index (χ1v) is 6.64. The van der Waals surface area contributed by atoms with Crippen molar-refractivity contribution in [1.29, 1.82) is 0 Å². The first-order chi connectivity index (χ1) is 7.96. The van der Waals surface area contributed by atoms with Crippen LogP contribution in [-0.4, -0.2) is 28.2 Å². The Morgan fingerprint density at radius 2 is 2.12 bits per heavy atom. The van der Waals surface area contributed by atoms with E-state index < -0.39 is 0 Å². The minimum atomic E-state index is 0.0541. The molecule has 1 aromatic heterocycles. The molecule has 5 heteroatoms. The average Bonchev–Trinajstić information content (AvgIpc) is 2.26. The summed E-state index contributed by atoms with van der Waals surface area (Å²) in [4.78, 5) is 8.66.